The van der Waals surface area contributed by atoms with Gasteiger partial charge in [0.15, 0.2) is 5.78 Å². The molecule has 1 fully saturated rings. The van der Waals surface area contributed by atoms with E-state index in [1.54, 1.807) is 13.0 Å². The van der Waals surface area contributed by atoms with Gasteiger partial charge in [0.25, 0.3) is 5.91 Å². The summed E-state index contributed by atoms with van der Waals surface area (Å²) in [4.78, 5) is 25.6. The van der Waals surface area contributed by atoms with Gasteiger partial charge in [-0.05, 0) is 38.0 Å². The van der Waals surface area contributed by atoms with E-state index >= 15 is 0 Å². The molecule has 1 amide bonds. The average molecular weight is 444 g/mol. The Morgan fingerprint density at radius 1 is 1.21 bits per heavy atom. The smallest absolute Gasteiger partial charge is 0.267 e. The molecule has 2 heterocycles. The van der Waals surface area contributed by atoms with Crippen LogP contribution in [-0.4, -0.2) is 29.4 Å². The standard InChI is InChI=1S/C21H22BrN3O3/c1-12-18(19(25-28-12)13-6-8-15(22)9-7-13)20(26)14-10-17(23-11-14)21(27)24-16-4-2-3-5-16/h6-10,14,16,23H,2-5,11H2,1H3,(H,24,27). The quantitative estimate of drug-likeness (QED) is 0.687. The van der Waals surface area contributed by atoms with Crippen molar-refractivity contribution in [2.24, 2.45) is 5.92 Å². The van der Waals surface area contributed by atoms with Crippen molar-refractivity contribution >= 4 is 27.6 Å². The largest absolute Gasteiger partial charge is 0.380 e. The highest BCUT2D eigenvalue weighted by Crippen LogP contribution is 2.30. The number of halogens is 1. The highest BCUT2D eigenvalue weighted by Gasteiger charge is 2.32. The Hall–Kier alpha value is -2.41. The number of rotatable bonds is 5. The highest BCUT2D eigenvalue weighted by molar-refractivity contribution is 9.10. The predicted octanol–water partition coefficient (Wildman–Crippen LogP) is 3.76. The van der Waals surface area contributed by atoms with Gasteiger partial charge in [-0.25, -0.2) is 0 Å². The van der Waals surface area contributed by atoms with Crippen LogP contribution in [0.25, 0.3) is 11.3 Å². The summed E-state index contributed by atoms with van der Waals surface area (Å²) < 4.78 is 6.27. The summed E-state index contributed by atoms with van der Waals surface area (Å²) in [6.45, 7) is 2.14. The number of carbonyl (C=O) groups is 2. The van der Waals surface area contributed by atoms with E-state index in [0.717, 1.165) is 35.7 Å². The van der Waals surface area contributed by atoms with Crippen molar-refractivity contribution in [1.29, 1.82) is 0 Å². The van der Waals surface area contributed by atoms with Crippen molar-refractivity contribution in [3.63, 3.8) is 0 Å². The van der Waals surface area contributed by atoms with Gasteiger partial charge in [0.05, 0.1) is 17.2 Å². The van der Waals surface area contributed by atoms with Crippen molar-refractivity contribution < 1.29 is 14.1 Å². The van der Waals surface area contributed by atoms with Crippen LogP contribution in [0.15, 0.2) is 45.0 Å². The summed E-state index contributed by atoms with van der Waals surface area (Å²) in [6.07, 6.45) is 6.09. The number of benzene rings is 1. The monoisotopic (exact) mass is 443 g/mol. The molecule has 1 unspecified atom stereocenters. The zero-order valence-electron chi connectivity index (χ0n) is 15.6. The number of nitrogens with zero attached hydrogens (tertiary/aromatic N) is 1. The van der Waals surface area contributed by atoms with E-state index < -0.39 is 5.92 Å². The van der Waals surface area contributed by atoms with Crippen LogP contribution in [-0.2, 0) is 4.79 Å². The van der Waals surface area contributed by atoms with Crippen LogP contribution < -0.4 is 10.6 Å². The molecule has 0 spiro atoms. The first-order chi connectivity index (χ1) is 13.5. The van der Waals surface area contributed by atoms with Gasteiger partial charge < -0.3 is 15.2 Å². The number of hydrogen-bond donors (Lipinski definition) is 2. The first kappa shape index (κ1) is 18.9. The third-order valence-electron chi connectivity index (χ3n) is 5.38. The SMILES string of the molecule is Cc1onc(-c2ccc(Br)cc2)c1C(=O)C1C=C(C(=O)NC2CCCC2)NC1. The van der Waals surface area contributed by atoms with Crippen molar-refractivity contribution in [3.8, 4) is 11.3 Å². The number of carbonyl (C=O) groups excluding carboxylic acids is 2. The van der Waals surface area contributed by atoms with Crippen LogP contribution in [0.4, 0.5) is 0 Å². The maximum absolute atomic E-state index is 13.2. The van der Waals surface area contributed by atoms with E-state index in [9.17, 15) is 9.59 Å². The second-order valence-electron chi connectivity index (χ2n) is 7.36. The van der Waals surface area contributed by atoms with Crippen molar-refractivity contribution in [1.82, 2.24) is 15.8 Å². The molecule has 6 nitrogen and oxygen atoms in total. The molecule has 146 valence electrons. The molecule has 0 saturated heterocycles. The minimum absolute atomic E-state index is 0.0900. The topological polar surface area (TPSA) is 84.2 Å². The number of ketones is 1. The summed E-state index contributed by atoms with van der Waals surface area (Å²) in [5.41, 5.74) is 2.30. The van der Waals surface area contributed by atoms with Gasteiger partial charge in [-0.1, -0.05) is 46.1 Å². The van der Waals surface area contributed by atoms with E-state index in [1.807, 2.05) is 24.3 Å². The fourth-order valence-electron chi connectivity index (χ4n) is 3.85. The Morgan fingerprint density at radius 3 is 2.64 bits per heavy atom. The summed E-state index contributed by atoms with van der Waals surface area (Å²) >= 11 is 3.41. The lowest BCUT2D eigenvalue weighted by Crippen LogP contribution is -2.36. The molecule has 0 radical (unpaired) electrons. The minimum Gasteiger partial charge on any atom is -0.380 e. The van der Waals surface area contributed by atoms with Crippen LogP contribution in [0, 0.1) is 12.8 Å². The second kappa shape index (κ2) is 7.91. The van der Waals surface area contributed by atoms with E-state index in [0.29, 0.717) is 29.3 Å². The molecular formula is C21H22BrN3O3. The van der Waals surface area contributed by atoms with Gasteiger partial charge in [0.1, 0.15) is 11.5 Å². The second-order valence-corrected chi connectivity index (χ2v) is 8.27. The molecule has 1 aliphatic carbocycles. The molecule has 1 aromatic heterocycles. The number of hydrogen-bond acceptors (Lipinski definition) is 5. The fourth-order valence-corrected chi connectivity index (χ4v) is 4.11. The van der Waals surface area contributed by atoms with Crippen LogP contribution in [0.5, 0.6) is 0 Å². The lowest BCUT2D eigenvalue weighted by molar-refractivity contribution is -0.118. The summed E-state index contributed by atoms with van der Waals surface area (Å²) in [7, 11) is 0. The highest BCUT2D eigenvalue weighted by atomic mass is 79.9. The number of amides is 1. The van der Waals surface area contributed by atoms with Gasteiger partial charge in [0.2, 0.25) is 0 Å². The van der Waals surface area contributed by atoms with Crippen LogP contribution >= 0.6 is 15.9 Å². The normalized spacial score (nSPS) is 19.4. The Bertz CT molecular complexity index is 927. The molecule has 4 rings (SSSR count). The maximum Gasteiger partial charge on any atom is 0.267 e. The van der Waals surface area contributed by atoms with E-state index in [4.69, 9.17) is 4.52 Å². The van der Waals surface area contributed by atoms with E-state index in [-0.39, 0.29) is 17.7 Å². The molecule has 1 aromatic carbocycles. The van der Waals surface area contributed by atoms with Gasteiger partial charge in [-0.15, -0.1) is 0 Å². The first-order valence-corrected chi connectivity index (χ1v) is 10.3. The fraction of sp³-hybridized carbons (Fsp3) is 0.381. The number of aromatic nitrogens is 1. The third-order valence-corrected chi connectivity index (χ3v) is 5.91. The Labute approximate surface area is 171 Å². The van der Waals surface area contributed by atoms with Gasteiger partial charge in [0, 0.05) is 22.6 Å². The Balaban J connectivity index is 1.53. The van der Waals surface area contributed by atoms with Crippen molar-refractivity contribution in [2.45, 2.75) is 38.6 Å². The number of nitrogens with one attached hydrogen (secondary N) is 2. The van der Waals surface area contributed by atoms with Crippen molar-refractivity contribution in [3.05, 3.63) is 51.8 Å². The van der Waals surface area contributed by atoms with Crippen molar-refractivity contribution in [2.75, 3.05) is 6.54 Å². The molecule has 2 aliphatic rings. The van der Waals surface area contributed by atoms with Gasteiger partial charge >= 0.3 is 0 Å². The van der Waals surface area contributed by atoms with E-state index in [1.165, 1.54) is 0 Å². The van der Waals surface area contributed by atoms with Gasteiger partial charge in [-0.3, -0.25) is 9.59 Å². The lowest BCUT2D eigenvalue weighted by atomic mass is 9.94. The number of aryl methyl sites for hydroxylation is 1. The summed E-state index contributed by atoms with van der Waals surface area (Å²) in [6, 6.07) is 7.82. The molecule has 1 aliphatic heterocycles. The van der Waals surface area contributed by atoms with Crippen LogP contribution in [0.2, 0.25) is 0 Å². The zero-order chi connectivity index (χ0) is 19.7. The Morgan fingerprint density at radius 2 is 1.93 bits per heavy atom. The molecule has 1 saturated carbocycles. The average Bonchev–Trinajstić information content (AvgIpc) is 3.42. The van der Waals surface area contributed by atoms with Crippen LogP contribution in [0.1, 0.15) is 41.8 Å². The van der Waals surface area contributed by atoms with E-state index in [2.05, 4.69) is 31.7 Å². The predicted molar refractivity (Wildman–Crippen MR) is 109 cm³/mol. The molecule has 2 aromatic rings. The third kappa shape index (κ3) is 3.76. The van der Waals surface area contributed by atoms with Gasteiger partial charge in [-0.2, -0.15) is 0 Å². The maximum atomic E-state index is 13.2. The molecular weight excluding hydrogens is 422 g/mol. The van der Waals surface area contributed by atoms with Crippen LogP contribution in [0.3, 0.4) is 0 Å². The zero-order valence-corrected chi connectivity index (χ0v) is 17.2. The lowest BCUT2D eigenvalue weighted by Gasteiger charge is -2.12. The molecule has 7 heteroatoms. The minimum atomic E-state index is -0.420. The molecule has 2 N–H and O–H groups in total. The molecule has 0 bridgehead atoms. The summed E-state index contributed by atoms with van der Waals surface area (Å²) in [5.74, 6) is -0.151. The molecule has 1 atom stereocenters. The Kier molecular flexibility index (Phi) is 5.35. The molecule has 28 heavy (non-hydrogen) atoms. The number of Topliss-reactive ketones (excluding diaryl/α,β-unsaturated/α-hetero) is 1. The summed E-state index contributed by atoms with van der Waals surface area (Å²) in [5, 5.41) is 10.2. The first-order valence-electron chi connectivity index (χ1n) is 9.56.